The van der Waals surface area contributed by atoms with Gasteiger partial charge in [-0.25, -0.2) is 4.98 Å². The van der Waals surface area contributed by atoms with Gasteiger partial charge in [0.05, 0.1) is 13.2 Å². The number of carbonyl (C=O) groups is 1. The Hall–Kier alpha value is -1.94. The van der Waals surface area contributed by atoms with Crippen molar-refractivity contribution in [1.82, 2.24) is 9.55 Å². The molecule has 0 fully saturated rings. The maximum atomic E-state index is 12.2. The van der Waals surface area contributed by atoms with Crippen LogP contribution in [-0.2, 0) is 25.0 Å². The Morgan fingerprint density at radius 2 is 2.18 bits per heavy atom. The number of aromatic nitrogens is 2. The molecule has 4 nitrogen and oxygen atoms in total. The summed E-state index contributed by atoms with van der Waals surface area (Å²) < 4.78 is 7.06. The van der Waals surface area contributed by atoms with Crippen LogP contribution in [0.5, 0.6) is 0 Å². The highest BCUT2D eigenvalue weighted by Crippen LogP contribution is 2.21. The van der Waals surface area contributed by atoms with Crippen molar-refractivity contribution in [3.63, 3.8) is 0 Å². The Labute approximate surface area is 98.9 Å². The first-order valence-electron chi connectivity index (χ1n) is 5.47. The Morgan fingerprint density at radius 1 is 1.35 bits per heavy atom. The van der Waals surface area contributed by atoms with E-state index in [4.69, 9.17) is 4.74 Å². The maximum Gasteiger partial charge on any atom is 0.228 e. The number of hydrogen-bond acceptors (Lipinski definition) is 3. The third-order valence-electron chi connectivity index (χ3n) is 3.01. The summed E-state index contributed by atoms with van der Waals surface area (Å²) in [7, 11) is 1.82. The highest BCUT2D eigenvalue weighted by atomic mass is 16.5. The molecule has 0 atom stereocenters. The number of ketones is 1. The summed E-state index contributed by atoms with van der Waals surface area (Å²) in [5, 5.41) is 0. The van der Waals surface area contributed by atoms with E-state index in [-0.39, 0.29) is 5.78 Å². The molecular formula is C13H12N2O2. The molecule has 0 bridgehead atoms. The highest BCUT2D eigenvalue weighted by Gasteiger charge is 2.17. The largest absolute Gasteiger partial charge is 0.372 e. The minimum Gasteiger partial charge on any atom is -0.372 e. The van der Waals surface area contributed by atoms with Gasteiger partial charge in [0.15, 0.2) is 5.82 Å². The molecule has 2 heterocycles. The minimum atomic E-state index is -0.0489. The molecule has 1 aromatic heterocycles. The number of ether oxygens (including phenoxy) is 1. The first-order valence-corrected chi connectivity index (χ1v) is 5.47. The van der Waals surface area contributed by atoms with Crippen molar-refractivity contribution < 1.29 is 9.53 Å². The van der Waals surface area contributed by atoms with E-state index >= 15 is 0 Å². The van der Waals surface area contributed by atoms with E-state index in [2.05, 4.69) is 4.98 Å². The summed E-state index contributed by atoms with van der Waals surface area (Å²) in [6.07, 6.45) is 3.40. The van der Waals surface area contributed by atoms with E-state index in [1.165, 1.54) is 5.56 Å². The number of aryl methyl sites for hydroxylation is 1. The van der Waals surface area contributed by atoms with Crippen molar-refractivity contribution in [3.8, 4) is 0 Å². The molecule has 86 valence electrons. The highest BCUT2D eigenvalue weighted by molar-refractivity contribution is 6.06. The van der Waals surface area contributed by atoms with Crippen LogP contribution in [-0.4, -0.2) is 15.3 Å². The van der Waals surface area contributed by atoms with Gasteiger partial charge in [0, 0.05) is 25.0 Å². The average molecular weight is 228 g/mol. The van der Waals surface area contributed by atoms with Gasteiger partial charge in [0.25, 0.3) is 0 Å². The van der Waals surface area contributed by atoms with E-state index in [0.717, 1.165) is 5.56 Å². The summed E-state index contributed by atoms with van der Waals surface area (Å²) in [6.45, 7) is 1.24. The third kappa shape index (κ3) is 1.66. The molecule has 1 aliphatic heterocycles. The van der Waals surface area contributed by atoms with Crippen molar-refractivity contribution in [2.24, 2.45) is 7.05 Å². The molecule has 0 amide bonds. The number of benzene rings is 1. The predicted molar refractivity (Wildman–Crippen MR) is 61.6 cm³/mol. The van der Waals surface area contributed by atoms with Crippen molar-refractivity contribution in [3.05, 3.63) is 53.1 Å². The molecule has 0 radical (unpaired) electrons. The van der Waals surface area contributed by atoms with Crippen LogP contribution in [0.25, 0.3) is 0 Å². The van der Waals surface area contributed by atoms with E-state index in [1.807, 2.05) is 25.2 Å². The van der Waals surface area contributed by atoms with Crippen LogP contribution < -0.4 is 0 Å². The Kier molecular flexibility index (Phi) is 2.30. The van der Waals surface area contributed by atoms with Crippen molar-refractivity contribution in [1.29, 1.82) is 0 Å². The molecular weight excluding hydrogens is 216 g/mol. The molecule has 0 N–H and O–H groups in total. The fourth-order valence-electron chi connectivity index (χ4n) is 2.03. The monoisotopic (exact) mass is 228 g/mol. The normalized spacial score (nSPS) is 13.7. The SMILES string of the molecule is Cn1ccnc1C(=O)c1ccc2c(c1)COC2. The number of carbonyl (C=O) groups excluding carboxylic acids is 1. The Morgan fingerprint density at radius 3 is 2.94 bits per heavy atom. The molecule has 17 heavy (non-hydrogen) atoms. The van der Waals surface area contributed by atoms with Crippen LogP contribution in [0.3, 0.4) is 0 Å². The maximum absolute atomic E-state index is 12.2. The summed E-state index contributed by atoms with van der Waals surface area (Å²) >= 11 is 0. The topological polar surface area (TPSA) is 44.1 Å². The van der Waals surface area contributed by atoms with Gasteiger partial charge < -0.3 is 9.30 Å². The number of rotatable bonds is 2. The molecule has 0 saturated carbocycles. The fraction of sp³-hybridized carbons (Fsp3) is 0.231. The molecule has 0 saturated heterocycles. The number of nitrogens with zero attached hydrogens (tertiary/aromatic N) is 2. The van der Waals surface area contributed by atoms with Gasteiger partial charge in [-0.3, -0.25) is 4.79 Å². The smallest absolute Gasteiger partial charge is 0.228 e. The van der Waals surface area contributed by atoms with Crippen LogP contribution >= 0.6 is 0 Å². The lowest BCUT2D eigenvalue weighted by molar-refractivity contribution is 0.102. The van der Waals surface area contributed by atoms with Gasteiger partial charge in [-0.05, 0) is 17.2 Å². The lowest BCUT2D eigenvalue weighted by Gasteiger charge is -2.03. The summed E-state index contributed by atoms with van der Waals surface area (Å²) in [4.78, 5) is 16.3. The second-order valence-corrected chi connectivity index (χ2v) is 4.17. The summed E-state index contributed by atoms with van der Waals surface area (Å²) in [5.41, 5.74) is 2.94. The lowest BCUT2D eigenvalue weighted by atomic mass is 10.0. The summed E-state index contributed by atoms with van der Waals surface area (Å²) in [6, 6.07) is 5.70. The number of fused-ring (bicyclic) bond motifs is 1. The molecule has 3 rings (SSSR count). The van der Waals surface area contributed by atoms with Gasteiger partial charge in [0.1, 0.15) is 0 Å². The van der Waals surface area contributed by atoms with E-state index in [9.17, 15) is 4.79 Å². The van der Waals surface area contributed by atoms with E-state index in [1.54, 1.807) is 17.0 Å². The third-order valence-corrected chi connectivity index (χ3v) is 3.01. The minimum absolute atomic E-state index is 0.0489. The Balaban J connectivity index is 2.00. The Bertz CT molecular complexity index is 587. The molecule has 1 aromatic carbocycles. The summed E-state index contributed by atoms with van der Waals surface area (Å²) in [5.74, 6) is 0.413. The van der Waals surface area contributed by atoms with Crippen LogP contribution in [0, 0.1) is 0 Å². The molecule has 4 heteroatoms. The zero-order valence-electron chi connectivity index (χ0n) is 9.51. The zero-order chi connectivity index (χ0) is 11.8. The molecule has 2 aromatic rings. The van der Waals surface area contributed by atoms with Crippen molar-refractivity contribution in [2.45, 2.75) is 13.2 Å². The number of imidazole rings is 1. The molecule has 1 aliphatic rings. The van der Waals surface area contributed by atoms with Crippen LogP contribution in [0.2, 0.25) is 0 Å². The van der Waals surface area contributed by atoms with Crippen molar-refractivity contribution in [2.75, 3.05) is 0 Å². The predicted octanol–water partition coefficient (Wildman–Crippen LogP) is 1.68. The second-order valence-electron chi connectivity index (χ2n) is 4.17. The first kappa shape index (κ1) is 10.2. The van der Waals surface area contributed by atoms with Gasteiger partial charge in [-0.1, -0.05) is 12.1 Å². The van der Waals surface area contributed by atoms with Crippen LogP contribution in [0.15, 0.2) is 30.6 Å². The molecule has 0 unspecified atom stereocenters. The van der Waals surface area contributed by atoms with Crippen LogP contribution in [0.4, 0.5) is 0 Å². The average Bonchev–Trinajstić information content (AvgIpc) is 2.95. The van der Waals surface area contributed by atoms with Gasteiger partial charge >= 0.3 is 0 Å². The van der Waals surface area contributed by atoms with Crippen molar-refractivity contribution >= 4 is 5.78 Å². The van der Waals surface area contributed by atoms with E-state index < -0.39 is 0 Å². The zero-order valence-corrected chi connectivity index (χ0v) is 9.51. The fourth-order valence-corrected chi connectivity index (χ4v) is 2.03. The van der Waals surface area contributed by atoms with Crippen LogP contribution in [0.1, 0.15) is 27.3 Å². The standard InChI is InChI=1S/C13H12N2O2/c1-15-5-4-14-13(15)12(16)9-2-3-10-7-17-8-11(10)6-9/h2-6H,7-8H2,1H3. The van der Waals surface area contributed by atoms with Gasteiger partial charge in [-0.15, -0.1) is 0 Å². The number of hydrogen-bond donors (Lipinski definition) is 0. The molecule has 0 aliphatic carbocycles. The lowest BCUT2D eigenvalue weighted by Crippen LogP contribution is -2.09. The molecule has 0 spiro atoms. The second kappa shape index (κ2) is 3.82. The van der Waals surface area contributed by atoms with Gasteiger partial charge in [-0.2, -0.15) is 0 Å². The quantitative estimate of drug-likeness (QED) is 0.734. The first-order chi connectivity index (χ1) is 8.25. The van der Waals surface area contributed by atoms with E-state index in [0.29, 0.717) is 24.6 Å². The van der Waals surface area contributed by atoms with Gasteiger partial charge in [0.2, 0.25) is 5.78 Å².